The second kappa shape index (κ2) is 11.7. The zero-order valence-electron chi connectivity index (χ0n) is 21.2. The Labute approximate surface area is 223 Å². The van der Waals surface area contributed by atoms with Crippen molar-refractivity contribution in [1.82, 2.24) is 5.32 Å². The van der Waals surface area contributed by atoms with Crippen LogP contribution in [0.2, 0.25) is 0 Å². The molecule has 4 aromatic rings. The van der Waals surface area contributed by atoms with E-state index in [-0.39, 0.29) is 16.4 Å². The Morgan fingerprint density at radius 1 is 0.763 bits per heavy atom. The number of para-hydroxylation sites is 2. The first-order chi connectivity index (χ1) is 18.3. The van der Waals surface area contributed by atoms with Gasteiger partial charge in [0.15, 0.2) is 0 Å². The van der Waals surface area contributed by atoms with Crippen LogP contribution in [0.1, 0.15) is 27.0 Å². The van der Waals surface area contributed by atoms with Crippen molar-refractivity contribution in [3.05, 3.63) is 125 Å². The Balaban J connectivity index is 1.57. The second-order valence-electron chi connectivity index (χ2n) is 8.87. The zero-order chi connectivity index (χ0) is 27.1. The van der Waals surface area contributed by atoms with Crippen LogP contribution in [0, 0.1) is 13.8 Å². The minimum absolute atomic E-state index is 0.0832. The number of carbonyl (C=O) groups is 2. The van der Waals surface area contributed by atoms with Gasteiger partial charge in [0.05, 0.1) is 21.8 Å². The first-order valence-corrected chi connectivity index (χ1v) is 13.6. The van der Waals surface area contributed by atoms with E-state index in [1.165, 1.54) is 12.1 Å². The molecule has 0 unspecified atom stereocenters. The number of hydrogen-bond acceptors (Lipinski definition) is 4. The van der Waals surface area contributed by atoms with Gasteiger partial charge < -0.3 is 10.6 Å². The largest absolute Gasteiger partial charge is 0.348 e. The van der Waals surface area contributed by atoms with Crippen molar-refractivity contribution in [2.24, 2.45) is 0 Å². The number of amides is 2. The lowest BCUT2D eigenvalue weighted by molar-refractivity contribution is -0.114. The number of benzene rings is 4. The molecule has 0 radical (unpaired) electrons. The van der Waals surface area contributed by atoms with E-state index in [0.717, 1.165) is 15.4 Å². The smallest absolute Gasteiger partial charge is 0.264 e. The van der Waals surface area contributed by atoms with Crippen LogP contribution < -0.4 is 14.9 Å². The fourth-order valence-electron chi connectivity index (χ4n) is 3.96. The maximum absolute atomic E-state index is 13.7. The van der Waals surface area contributed by atoms with Crippen molar-refractivity contribution in [1.29, 1.82) is 0 Å². The molecule has 4 aromatic carbocycles. The van der Waals surface area contributed by atoms with E-state index in [9.17, 15) is 18.0 Å². The average molecular weight is 528 g/mol. The molecule has 0 aliphatic carbocycles. The highest BCUT2D eigenvalue weighted by atomic mass is 32.2. The molecule has 0 aliphatic rings. The van der Waals surface area contributed by atoms with E-state index in [4.69, 9.17) is 0 Å². The molecule has 38 heavy (non-hydrogen) atoms. The molecule has 0 bridgehead atoms. The minimum atomic E-state index is -4.05. The molecule has 0 saturated carbocycles. The quantitative estimate of drug-likeness (QED) is 0.318. The minimum Gasteiger partial charge on any atom is -0.348 e. The Morgan fingerprint density at radius 2 is 1.39 bits per heavy atom. The third-order valence-electron chi connectivity index (χ3n) is 6.02. The summed E-state index contributed by atoms with van der Waals surface area (Å²) in [5, 5.41) is 5.59. The summed E-state index contributed by atoms with van der Waals surface area (Å²) in [7, 11) is -4.05. The predicted octanol–water partition coefficient (Wildman–Crippen LogP) is 5.07. The van der Waals surface area contributed by atoms with Gasteiger partial charge in [-0.2, -0.15) is 0 Å². The van der Waals surface area contributed by atoms with Crippen LogP contribution in [-0.4, -0.2) is 26.8 Å². The van der Waals surface area contributed by atoms with Crippen LogP contribution in [0.15, 0.2) is 108 Å². The number of nitrogens with one attached hydrogen (secondary N) is 2. The molecule has 8 heteroatoms. The maximum atomic E-state index is 13.7. The molecule has 0 heterocycles. The second-order valence-corrected chi connectivity index (χ2v) is 10.7. The Morgan fingerprint density at radius 3 is 2.11 bits per heavy atom. The van der Waals surface area contributed by atoms with E-state index >= 15 is 0 Å². The molecule has 0 spiro atoms. The molecule has 4 rings (SSSR count). The van der Waals surface area contributed by atoms with Crippen LogP contribution in [0.4, 0.5) is 11.4 Å². The van der Waals surface area contributed by atoms with E-state index in [0.29, 0.717) is 23.5 Å². The summed E-state index contributed by atoms with van der Waals surface area (Å²) in [5.74, 6) is -0.931. The van der Waals surface area contributed by atoms with Crippen LogP contribution in [0.25, 0.3) is 0 Å². The standard InChI is InChI=1S/C30H29N3O4S/c1-22-16-18-25(19-17-22)38(36,37)33(28-15-9-6-10-23(28)2)21-29(34)32-27-14-8-7-13-26(27)30(35)31-20-24-11-4-3-5-12-24/h3-19H,20-21H2,1-2H3,(H,31,35)(H,32,34). The van der Waals surface area contributed by atoms with Crippen LogP contribution in [0.5, 0.6) is 0 Å². The Bertz CT molecular complexity index is 1540. The van der Waals surface area contributed by atoms with Gasteiger partial charge in [-0.15, -0.1) is 0 Å². The summed E-state index contributed by atoms with van der Waals surface area (Å²) >= 11 is 0. The number of aryl methyl sites for hydroxylation is 2. The van der Waals surface area contributed by atoms with Crippen LogP contribution >= 0.6 is 0 Å². The number of sulfonamides is 1. The average Bonchev–Trinajstić information content (AvgIpc) is 2.92. The zero-order valence-corrected chi connectivity index (χ0v) is 22.0. The van der Waals surface area contributed by atoms with Crippen molar-refractivity contribution in [2.75, 3.05) is 16.2 Å². The normalized spacial score (nSPS) is 11.0. The molecule has 0 aliphatic heterocycles. The van der Waals surface area contributed by atoms with Gasteiger partial charge in [-0.3, -0.25) is 13.9 Å². The highest BCUT2D eigenvalue weighted by molar-refractivity contribution is 7.92. The van der Waals surface area contributed by atoms with Crippen LogP contribution in [-0.2, 0) is 21.4 Å². The highest BCUT2D eigenvalue weighted by Gasteiger charge is 2.28. The van der Waals surface area contributed by atoms with Crippen LogP contribution in [0.3, 0.4) is 0 Å². The van der Waals surface area contributed by atoms with Gasteiger partial charge in [-0.1, -0.05) is 78.4 Å². The monoisotopic (exact) mass is 527 g/mol. The van der Waals surface area contributed by atoms with Crippen molar-refractivity contribution in [2.45, 2.75) is 25.3 Å². The van der Waals surface area contributed by atoms with Crippen molar-refractivity contribution < 1.29 is 18.0 Å². The highest BCUT2D eigenvalue weighted by Crippen LogP contribution is 2.27. The van der Waals surface area contributed by atoms with Gasteiger partial charge in [0.1, 0.15) is 6.54 Å². The molecule has 194 valence electrons. The molecule has 0 fully saturated rings. The SMILES string of the molecule is Cc1ccc(S(=O)(=O)N(CC(=O)Nc2ccccc2C(=O)NCc2ccccc2)c2ccccc2C)cc1. The van der Waals surface area contributed by atoms with Gasteiger partial charge in [0.25, 0.3) is 15.9 Å². The molecule has 7 nitrogen and oxygen atoms in total. The van der Waals surface area contributed by atoms with E-state index in [1.54, 1.807) is 67.6 Å². The fraction of sp³-hybridized carbons (Fsp3) is 0.133. The molecule has 0 saturated heterocycles. The number of carbonyl (C=O) groups excluding carboxylic acids is 2. The number of anilines is 2. The van der Waals surface area contributed by atoms with E-state index in [2.05, 4.69) is 10.6 Å². The molecule has 2 amide bonds. The summed E-state index contributed by atoms with van der Waals surface area (Å²) in [6, 6.07) is 29.6. The number of hydrogen-bond donors (Lipinski definition) is 2. The summed E-state index contributed by atoms with van der Waals surface area (Å²) in [6.45, 7) is 3.52. The van der Waals surface area contributed by atoms with Crippen molar-refractivity contribution >= 4 is 33.2 Å². The van der Waals surface area contributed by atoms with Gasteiger partial charge in [0.2, 0.25) is 5.91 Å². The first kappa shape index (κ1) is 26.6. The van der Waals surface area contributed by atoms with Crippen molar-refractivity contribution in [3.8, 4) is 0 Å². The summed E-state index contributed by atoms with van der Waals surface area (Å²) in [6.07, 6.45) is 0. The molecule has 0 atom stereocenters. The van der Waals surface area contributed by atoms with Crippen molar-refractivity contribution in [3.63, 3.8) is 0 Å². The third-order valence-corrected chi connectivity index (χ3v) is 7.80. The fourth-order valence-corrected chi connectivity index (χ4v) is 5.45. The molecule has 2 N–H and O–H groups in total. The lowest BCUT2D eigenvalue weighted by Gasteiger charge is -2.26. The molecular formula is C30H29N3O4S. The Hall–Kier alpha value is -4.43. The summed E-state index contributed by atoms with van der Waals surface area (Å²) < 4.78 is 28.4. The van der Waals surface area contributed by atoms with Gasteiger partial charge in [-0.05, 0) is 55.3 Å². The van der Waals surface area contributed by atoms with E-state index < -0.39 is 22.5 Å². The number of rotatable bonds is 9. The van der Waals surface area contributed by atoms with Gasteiger partial charge >= 0.3 is 0 Å². The van der Waals surface area contributed by atoms with Gasteiger partial charge in [0, 0.05) is 6.54 Å². The van der Waals surface area contributed by atoms with E-state index in [1.807, 2.05) is 37.3 Å². The molecule has 0 aromatic heterocycles. The Kier molecular flexibility index (Phi) is 8.23. The van der Waals surface area contributed by atoms with Gasteiger partial charge in [-0.25, -0.2) is 8.42 Å². The first-order valence-electron chi connectivity index (χ1n) is 12.1. The lowest BCUT2D eigenvalue weighted by Crippen LogP contribution is -2.38. The summed E-state index contributed by atoms with van der Waals surface area (Å²) in [5.41, 5.74) is 3.54. The summed E-state index contributed by atoms with van der Waals surface area (Å²) in [4.78, 5) is 26.2. The topological polar surface area (TPSA) is 95.6 Å². The predicted molar refractivity (Wildman–Crippen MR) is 150 cm³/mol. The lowest BCUT2D eigenvalue weighted by atomic mass is 10.1. The third kappa shape index (κ3) is 6.27. The number of nitrogens with zero attached hydrogens (tertiary/aromatic N) is 1. The molecular weight excluding hydrogens is 498 g/mol. The maximum Gasteiger partial charge on any atom is 0.264 e.